The molecule has 0 unspecified atom stereocenters. The van der Waals surface area contributed by atoms with Gasteiger partial charge in [-0.1, -0.05) is 6.42 Å². The molecule has 0 fully saturated rings. The molecule has 0 saturated heterocycles. The van der Waals surface area contributed by atoms with Crippen LogP contribution in [-0.4, -0.2) is 26.1 Å². The molecule has 0 saturated carbocycles. The highest BCUT2D eigenvalue weighted by atomic mass is 32.1. The van der Waals surface area contributed by atoms with E-state index in [9.17, 15) is 9.59 Å². The lowest BCUT2D eigenvalue weighted by Gasteiger charge is -2.10. The van der Waals surface area contributed by atoms with E-state index in [0.717, 1.165) is 12.8 Å². The minimum absolute atomic E-state index is 0.201. The number of fused-ring (bicyclic) bond motifs is 1. The van der Waals surface area contributed by atoms with Crippen LogP contribution in [0.15, 0.2) is 24.3 Å². The number of anilines is 1. The summed E-state index contributed by atoms with van der Waals surface area (Å²) in [4.78, 5) is 26.6. The molecule has 0 aliphatic heterocycles. The normalized spacial score (nSPS) is 13.5. The molecule has 1 N–H and O–H groups in total. The van der Waals surface area contributed by atoms with Crippen molar-refractivity contribution in [3.05, 3.63) is 45.1 Å². The van der Waals surface area contributed by atoms with E-state index in [0.29, 0.717) is 16.3 Å². The summed E-state index contributed by atoms with van der Waals surface area (Å²) in [5.74, 6) is -0.189. The monoisotopic (exact) mass is 359 g/mol. The molecular formula is C19H21NO4S. The molecule has 1 heterocycles. The first kappa shape index (κ1) is 17.5. The molecule has 1 aliphatic rings. The van der Waals surface area contributed by atoms with Gasteiger partial charge >= 0.3 is 5.97 Å². The quantitative estimate of drug-likeness (QED) is 0.660. The van der Waals surface area contributed by atoms with E-state index in [1.54, 1.807) is 29.5 Å². The summed E-state index contributed by atoms with van der Waals surface area (Å²) in [5, 5.41) is 2.83. The fraction of sp³-hybridized carbons (Fsp3) is 0.368. The van der Waals surface area contributed by atoms with Crippen LogP contribution in [0.4, 0.5) is 5.69 Å². The van der Waals surface area contributed by atoms with Gasteiger partial charge in [-0.3, -0.25) is 4.79 Å². The van der Waals surface area contributed by atoms with Gasteiger partial charge in [0.25, 0.3) is 5.91 Å². The fourth-order valence-electron chi connectivity index (χ4n) is 3.00. The van der Waals surface area contributed by atoms with Crippen molar-refractivity contribution in [3.63, 3.8) is 0 Å². The summed E-state index contributed by atoms with van der Waals surface area (Å²) in [6.07, 6.45) is 5.69. The molecule has 0 atom stereocenters. The SMILES string of the molecule is COC(=O)c1cc(OC)ccc1NC(=O)c1cc2c(s1)CCCCC2. The Hall–Kier alpha value is -2.34. The highest BCUT2D eigenvalue weighted by Crippen LogP contribution is 2.30. The van der Waals surface area contributed by atoms with Gasteiger partial charge in [-0.15, -0.1) is 11.3 Å². The second-order valence-electron chi connectivity index (χ2n) is 5.98. The van der Waals surface area contributed by atoms with Crippen molar-refractivity contribution in [2.45, 2.75) is 32.1 Å². The second-order valence-corrected chi connectivity index (χ2v) is 7.11. The van der Waals surface area contributed by atoms with Crippen molar-refractivity contribution in [2.75, 3.05) is 19.5 Å². The van der Waals surface area contributed by atoms with Crippen LogP contribution in [0.5, 0.6) is 5.75 Å². The minimum Gasteiger partial charge on any atom is -0.497 e. The zero-order valence-electron chi connectivity index (χ0n) is 14.4. The van der Waals surface area contributed by atoms with Crippen LogP contribution in [0.1, 0.15) is 49.7 Å². The molecule has 0 spiro atoms. The zero-order valence-corrected chi connectivity index (χ0v) is 15.2. The van der Waals surface area contributed by atoms with Crippen LogP contribution in [0.3, 0.4) is 0 Å². The van der Waals surface area contributed by atoms with Crippen molar-refractivity contribution in [3.8, 4) is 5.75 Å². The molecule has 1 amide bonds. The Morgan fingerprint density at radius 1 is 1.08 bits per heavy atom. The molecule has 1 aliphatic carbocycles. The number of benzene rings is 1. The molecule has 2 aromatic rings. The molecule has 0 radical (unpaired) electrons. The Morgan fingerprint density at radius 2 is 1.88 bits per heavy atom. The summed E-state index contributed by atoms with van der Waals surface area (Å²) in [5.41, 5.74) is 1.98. The van der Waals surface area contributed by atoms with Crippen molar-refractivity contribution in [1.82, 2.24) is 0 Å². The Labute approximate surface area is 151 Å². The van der Waals surface area contributed by atoms with Gasteiger partial charge in [0.2, 0.25) is 0 Å². The number of carbonyl (C=O) groups is 2. The van der Waals surface area contributed by atoms with E-state index >= 15 is 0 Å². The molecule has 6 heteroatoms. The summed E-state index contributed by atoms with van der Waals surface area (Å²) < 4.78 is 9.94. The topological polar surface area (TPSA) is 64.6 Å². The molecule has 5 nitrogen and oxygen atoms in total. The average Bonchev–Trinajstić information content (AvgIpc) is 2.92. The predicted molar refractivity (Wildman–Crippen MR) is 97.9 cm³/mol. The maximum absolute atomic E-state index is 12.7. The molecule has 1 aromatic carbocycles. The number of amides is 1. The number of esters is 1. The van der Waals surface area contributed by atoms with Crippen molar-refractivity contribution >= 4 is 28.9 Å². The number of thiophene rings is 1. The molecule has 1 aromatic heterocycles. The summed E-state index contributed by atoms with van der Waals surface area (Å²) in [6, 6.07) is 6.90. The van der Waals surface area contributed by atoms with Gasteiger partial charge in [0.15, 0.2) is 0 Å². The number of carbonyl (C=O) groups excluding carboxylic acids is 2. The van der Waals surface area contributed by atoms with Crippen LogP contribution in [-0.2, 0) is 17.6 Å². The van der Waals surface area contributed by atoms with Gasteiger partial charge in [0.05, 0.1) is 30.3 Å². The van der Waals surface area contributed by atoms with Crippen molar-refractivity contribution < 1.29 is 19.1 Å². The third kappa shape index (κ3) is 3.85. The summed E-state index contributed by atoms with van der Waals surface area (Å²) >= 11 is 1.55. The first-order chi connectivity index (χ1) is 12.1. The highest BCUT2D eigenvalue weighted by molar-refractivity contribution is 7.14. The smallest absolute Gasteiger partial charge is 0.340 e. The van der Waals surface area contributed by atoms with E-state index < -0.39 is 5.97 Å². The second kappa shape index (κ2) is 7.70. The van der Waals surface area contributed by atoms with Crippen LogP contribution >= 0.6 is 11.3 Å². The number of nitrogens with one attached hydrogen (secondary N) is 1. The van der Waals surface area contributed by atoms with Crippen LogP contribution in [0.25, 0.3) is 0 Å². The lowest BCUT2D eigenvalue weighted by Crippen LogP contribution is -2.14. The van der Waals surface area contributed by atoms with Crippen LogP contribution in [0.2, 0.25) is 0 Å². The molecular weight excluding hydrogens is 338 g/mol. The van der Waals surface area contributed by atoms with E-state index in [1.165, 1.54) is 43.9 Å². The minimum atomic E-state index is -0.517. The van der Waals surface area contributed by atoms with Gasteiger partial charge in [0.1, 0.15) is 5.75 Å². The van der Waals surface area contributed by atoms with Crippen molar-refractivity contribution in [2.24, 2.45) is 0 Å². The Morgan fingerprint density at radius 3 is 2.64 bits per heavy atom. The van der Waals surface area contributed by atoms with E-state index in [1.807, 2.05) is 6.07 Å². The Balaban J connectivity index is 1.84. The van der Waals surface area contributed by atoms with Crippen LogP contribution < -0.4 is 10.1 Å². The number of methoxy groups -OCH3 is 2. The maximum Gasteiger partial charge on any atom is 0.340 e. The molecule has 0 bridgehead atoms. The highest BCUT2D eigenvalue weighted by Gasteiger charge is 2.19. The first-order valence-corrected chi connectivity index (χ1v) is 9.13. The van der Waals surface area contributed by atoms with Gasteiger partial charge in [0, 0.05) is 4.88 Å². The molecule has 3 rings (SSSR count). The summed E-state index contributed by atoms with van der Waals surface area (Å²) in [6.45, 7) is 0. The maximum atomic E-state index is 12.7. The lowest BCUT2D eigenvalue weighted by atomic mass is 10.1. The van der Waals surface area contributed by atoms with Gasteiger partial charge in [-0.05, 0) is 55.5 Å². The van der Waals surface area contributed by atoms with Crippen LogP contribution in [0, 0.1) is 0 Å². The van der Waals surface area contributed by atoms with E-state index in [4.69, 9.17) is 9.47 Å². The van der Waals surface area contributed by atoms with Gasteiger partial charge in [-0.25, -0.2) is 4.79 Å². The van der Waals surface area contributed by atoms with Gasteiger partial charge < -0.3 is 14.8 Å². The third-order valence-electron chi connectivity index (χ3n) is 4.35. The molecule has 25 heavy (non-hydrogen) atoms. The zero-order chi connectivity index (χ0) is 17.8. The summed E-state index contributed by atoms with van der Waals surface area (Å²) in [7, 11) is 2.83. The third-order valence-corrected chi connectivity index (χ3v) is 5.59. The number of ether oxygens (including phenoxy) is 2. The predicted octanol–water partition coefficient (Wildman–Crippen LogP) is 4.06. The number of rotatable bonds is 4. The Kier molecular flexibility index (Phi) is 5.38. The first-order valence-electron chi connectivity index (χ1n) is 8.31. The largest absolute Gasteiger partial charge is 0.497 e. The number of hydrogen-bond acceptors (Lipinski definition) is 5. The van der Waals surface area contributed by atoms with Crippen molar-refractivity contribution in [1.29, 1.82) is 0 Å². The standard InChI is InChI=1S/C19H21NO4S/c1-23-13-8-9-15(14(11-13)19(22)24-2)20-18(21)17-10-12-6-4-3-5-7-16(12)25-17/h8-11H,3-7H2,1-2H3,(H,20,21). The average molecular weight is 359 g/mol. The van der Waals surface area contributed by atoms with E-state index in [-0.39, 0.29) is 11.5 Å². The van der Waals surface area contributed by atoms with Gasteiger partial charge in [-0.2, -0.15) is 0 Å². The number of hydrogen-bond donors (Lipinski definition) is 1. The fourth-order valence-corrected chi connectivity index (χ4v) is 4.15. The molecule has 132 valence electrons. The van der Waals surface area contributed by atoms with E-state index in [2.05, 4.69) is 5.32 Å². The lowest BCUT2D eigenvalue weighted by molar-refractivity contribution is 0.0601. The number of aryl methyl sites for hydroxylation is 2. The Bertz CT molecular complexity index is 773.